The fourth-order valence-electron chi connectivity index (χ4n) is 3.68. The third-order valence-corrected chi connectivity index (χ3v) is 5.10. The Bertz CT molecular complexity index is 1240. The van der Waals surface area contributed by atoms with Crippen LogP contribution in [-0.2, 0) is 13.1 Å². The molecule has 4 aromatic rings. The van der Waals surface area contributed by atoms with E-state index in [0.29, 0.717) is 23.5 Å². The van der Waals surface area contributed by atoms with Crippen molar-refractivity contribution in [3.63, 3.8) is 0 Å². The molecule has 2 aromatic heterocycles. The summed E-state index contributed by atoms with van der Waals surface area (Å²) in [7, 11) is 3.44. The first kappa shape index (κ1) is 20.4. The number of aromatic nitrogens is 2. The predicted molar refractivity (Wildman–Crippen MR) is 120 cm³/mol. The maximum atomic E-state index is 11.5. The minimum absolute atomic E-state index is 0.0971. The Kier molecular flexibility index (Phi) is 5.55. The van der Waals surface area contributed by atoms with E-state index in [0.717, 1.165) is 17.9 Å². The van der Waals surface area contributed by atoms with Crippen LogP contribution in [0.5, 0.6) is 5.75 Å². The van der Waals surface area contributed by atoms with Crippen molar-refractivity contribution >= 4 is 17.0 Å². The molecule has 2 N–H and O–H groups in total. The van der Waals surface area contributed by atoms with Crippen molar-refractivity contribution in [3.8, 4) is 17.0 Å². The number of nitrogen functional groups attached to an aromatic ring is 1. The summed E-state index contributed by atoms with van der Waals surface area (Å²) in [4.78, 5) is 18.0. The number of hydrogen-bond donors (Lipinski definition) is 1. The van der Waals surface area contributed by atoms with E-state index in [1.807, 2.05) is 41.9 Å². The number of nitrogens with zero attached hydrogens (tertiary/aromatic N) is 4. The lowest BCUT2D eigenvalue weighted by molar-refractivity contribution is -0.385. The molecule has 0 saturated carbocycles. The summed E-state index contributed by atoms with van der Waals surface area (Å²) < 4.78 is 7.09. The first-order valence-corrected chi connectivity index (χ1v) is 9.78. The molecule has 2 heterocycles. The second kappa shape index (κ2) is 8.45. The number of hydrogen-bond acceptors (Lipinski definition) is 6. The zero-order valence-corrected chi connectivity index (χ0v) is 17.4. The fraction of sp³-hybridized carbons (Fsp3) is 0.174. The molecule has 4 rings (SSSR count). The van der Waals surface area contributed by atoms with Gasteiger partial charge in [0.05, 0.1) is 23.4 Å². The van der Waals surface area contributed by atoms with Crippen molar-refractivity contribution in [3.05, 3.63) is 88.2 Å². The van der Waals surface area contributed by atoms with Crippen LogP contribution in [0.4, 0.5) is 11.4 Å². The molecular weight excluding hydrogens is 394 g/mol. The molecule has 0 bridgehead atoms. The van der Waals surface area contributed by atoms with Crippen LogP contribution in [0.2, 0.25) is 0 Å². The van der Waals surface area contributed by atoms with Crippen molar-refractivity contribution in [2.24, 2.45) is 0 Å². The minimum Gasteiger partial charge on any atom is -0.490 e. The largest absolute Gasteiger partial charge is 0.490 e. The lowest BCUT2D eigenvalue weighted by Gasteiger charge is -2.18. The summed E-state index contributed by atoms with van der Waals surface area (Å²) in [5.41, 5.74) is 10.7. The van der Waals surface area contributed by atoms with Gasteiger partial charge in [-0.15, -0.1) is 0 Å². The molecular formula is C23H23N5O3. The smallest absolute Gasteiger partial charge is 0.311 e. The maximum Gasteiger partial charge on any atom is 0.311 e. The summed E-state index contributed by atoms with van der Waals surface area (Å²) in [6, 6.07) is 18.7. The van der Waals surface area contributed by atoms with Gasteiger partial charge < -0.3 is 14.9 Å². The Morgan fingerprint density at radius 3 is 2.61 bits per heavy atom. The highest BCUT2D eigenvalue weighted by Crippen LogP contribution is 2.34. The molecule has 0 fully saturated rings. The van der Waals surface area contributed by atoms with Crippen molar-refractivity contribution in [1.29, 1.82) is 0 Å². The normalized spacial score (nSPS) is 11.2. The number of rotatable bonds is 7. The maximum absolute atomic E-state index is 11.5. The summed E-state index contributed by atoms with van der Waals surface area (Å²) in [6.07, 6.45) is 1.83. The van der Waals surface area contributed by atoms with Crippen LogP contribution in [0, 0.1) is 10.1 Å². The monoisotopic (exact) mass is 417 g/mol. The Morgan fingerprint density at radius 1 is 1.13 bits per heavy atom. The summed E-state index contributed by atoms with van der Waals surface area (Å²) in [5, 5.41) is 11.5. The Labute approximate surface area is 179 Å². The van der Waals surface area contributed by atoms with Crippen molar-refractivity contribution in [2.75, 3.05) is 19.9 Å². The molecule has 0 aliphatic carbocycles. The van der Waals surface area contributed by atoms with Gasteiger partial charge in [-0.05, 0) is 36.9 Å². The molecule has 31 heavy (non-hydrogen) atoms. The van der Waals surface area contributed by atoms with Crippen LogP contribution >= 0.6 is 0 Å². The van der Waals surface area contributed by atoms with Gasteiger partial charge in [0.15, 0.2) is 5.75 Å². The first-order chi connectivity index (χ1) is 15.0. The van der Waals surface area contributed by atoms with Gasteiger partial charge >= 0.3 is 5.69 Å². The fourth-order valence-corrected chi connectivity index (χ4v) is 3.68. The van der Waals surface area contributed by atoms with Crippen LogP contribution in [0.25, 0.3) is 16.9 Å². The van der Waals surface area contributed by atoms with Crippen LogP contribution in [0.15, 0.2) is 66.9 Å². The predicted octanol–water partition coefficient (Wildman–Crippen LogP) is 4.13. The van der Waals surface area contributed by atoms with E-state index in [1.165, 1.54) is 18.7 Å². The van der Waals surface area contributed by atoms with Gasteiger partial charge in [-0.1, -0.05) is 30.3 Å². The Balaban J connectivity index is 1.79. The zero-order valence-electron chi connectivity index (χ0n) is 17.4. The van der Waals surface area contributed by atoms with Crippen molar-refractivity contribution < 1.29 is 9.66 Å². The van der Waals surface area contributed by atoms with Gasteiger partial charge in [-0.3, -0.25) is 15.0 Å². The SMILES string of the molecule is COc1ccc(-c2nc3ccc(N)cn3c2CN(C)Cc2ccccc2)cc1[N+](=O)[O-]. The highest BCUT2D eigenvalue weighted by Gasteiger charge is 2.21. The first-order valence-electron chi connectivity index (χ1n) is 9.78. The van der Waals surface area contributed by atoms with Gasteiger partial charge in [0.2, 0.25) is 0 Å². The summed E-state index contributed by atoms with van der Waals surface area (Å²) in [6.45, 7) is 1.33. The molecule has 0 unspecified atom stereocenters. The van der Waals surface area contributed by atoms with Gasteiger partial charge in [-0.25, -0.2) is 4.98 Å². The summed E-state index contributed by atoms with van der Waals surface area (Å²) >= 11 is 0. The van der Waals surface area contributed by atoms with Gasteiger partial charge in [-0.2, -0.15) is 0 Å². The van der Waals surface area contributed by atoms with E-state index in [1.54, 1.807) is 18.2 Å². The number of nitro benzene ring substituents is 1. The molecule has 0 aliphatic heterocycles. The van der Waals surface area contributed by atoms with Crippen molar-refractivity contribution in [1.82, 2.24) is 14.3 Å². The van der Waals surface area contributed by atoms with E-state index in [-0.39, 0.29) is 11.4 Å². The number of nitro groups is 1. The van der Waals surface area contributed by atoms with Crippen LogP contribution in [0.1, 0.15) is 11.3 Å². The number of ether oxygens (including phenoxy) is 1. The lowest BCUT2D eigenvalue weighted by Crippen LogP contribution is -2.18. The van der Waals surface area contributed by atoms with Crippen molar-refractivity contribution in [2.45, 2.75) is 13.1 Å². The van der Waals surface area contributed by atoms with Gasteiger partial charge in [0.1, 0.15) is 5.65 Å². The van der Waals surface area contributed by atoms with Gasteiger partial charge in [0.25, 0.3) is 0 Å². The van der Waals surface area contributed by atoms with Crippen LogP contribution in [0.3, 0.4) is 0 Å². The molecule has 8 heteroatoms. The quantitative estimate of drug-likeness (QED) is 0.359. The standard InChI is InChI=1S/C23H23N5O3/c1-26(13-16-6-4-3-5-7-16)15-20-23(25-22-11-9-18(24)14-27(20)22)17-8-10-21(31-2)19(12-17)28(29)30/h3-12,14H,13,15,24H2,1-2H3. The third kappa shape index (κ3) is 4.19. The number of fused-ring (bicyclic) bond motifs is 1. The second-order valence-corrected chi connectivity index (χ2v) is 7.40. The number of anilines is 1. The number of methoxy groups -OCH3 is 1. The number of pyridine rings is 1. The zero-order chi connectivity index (χ0) is 22.0. The Hall–Kier alpha value is -3.91. The molecule has 0 aliphatic rings. The molecule has 0 atom stereocenters. The molecule has 158 valence electrons. The molecule has 8 nitrogen and oxygen atoms in total. The minimum atomic E-state index is -0.447. The number of benzene rings is 2. The highest BCUT2D eigenvalue weighted by atomic mass is 16.6. The topological polar surface area (TPSA) is 98.9 Å². The van der Waals surface area contributed by atoms with Crippen LogP contribution < -0.4 is 10.5 Å². The molecule has 0 amide bonds. The molecule has 0 spiro atoms. The molecule has 0 radical (unpaired) electrons. The highest BCUT2D eigenvalue weighted by molar-refractivity contribution is 5.71. The van der Waals surface area contributed by atoms with E-state index in [4.69, 9.17) is 15.5 Å². The average Bonchev–Trinajstić information content (AvgIpc) is 3.11. The van der Waals surface area contributed by atoms with Gasteiger partial charge in [0, 0.05) is 36.6 Å². The second-order valence-electron chi connectivity index (χ2n) is 7.40. The van der Waals surface area contributed by atoms with Crippen LogP contribution in [-0.4, -0.2) is 33.4 Å². The third-order valence-electron chi connectivity index (χ3n) is 5.10. The van der Waals surface area contributed by atoms with E-state index >= 15 is 0 Å². The average molecular weight is 417 g/mol. The molecule has 2 aromatic carbocycles. The van der Waals surface area contributed by atoms with E-state index in [9.17, 15) is 10.1 Å². The number of nitrogens with two attached hydrogens (primary N) is 1. The molecule has 0 saturated heterocycles. The number of imidazole rings is 1. The Morgan fingerprint density at radius 2 is 1.90 bits per heavy atom. The summed E-state index contributed by atoms with van der Waals surface area (Å²) in [5.74, 6) is 0.213. The lowest BCUT2D eigenvalue weighted by atomic mass is 10.1. The van der Waals surface area contributed by atoms with E-state index in [2.05, 4.69) is 17.0 Å². The van der Waals surface area contributed by atoms with E-state index < -0.39 is 4.92 Å².